The standard InChI is InChI=1S/C92H58N8/c1-3-23-59(24-4-1)65-51-66(60-25-5-2-6-26-60)54-69(53-65)70-55-67(61-43-47-63(48-44-61)79-57-89(97-81-35-15-7-27-71(81)72-28-8-16-36-82(72)97)95-91(93-79)99-85-39-19-11-31-75(85)76-32-12-20-40-86(76)99)52-68(56-70)62-45-49-64(50-46-62)80-58-90(98-83-37-17-9-29-73(83)74-30-10-18-38-84(74)98)96-92(94-80)100-87-41-21-13-33-77(87)78-34-14-22-42-88(78)100/h1-58H. The van der Waals surface area contributed by atoms with Crippen molar-refractivity contribution in [2.75, 3.05) is 0 Å². The van der Waals surface area contributed by atoms with Gasteiger partial charge < -0.3 is 0 Å². The molecule has 14 aromatic carbocycles. The molecule has 466 valence electrons. The molecule has 0 saturated carbocycles. The lowest BCUT2D eigenvalue weighted by atomic mass is 9.89. The first-order chi connectivity index (χ1) is 49.6. The molecule has 6 aromatic heterocycles. The van der Waals surface area contributed by atoms with Crippen LogP contribution in [0.3, 0.4) is 0 Å². The zero-order valence-electron chi connectivity index (χ0n) is 54.1. The van der Waals surface area contributed by atoms with Crippen LogP contribution in [0.25, 0.3) is 189 Å². The summed E-state index contributed by atoms with van der Waals surface area (Å²) in [5, 5.41) is 9.27. The highest BCUT2D eigenvalue weighted by molar-refractivity contribution is 6.12. The summed E-state index contributed by atoms with van der Waals surface area (Å²) in [4.78, 5) is 22.1. The van der Waals surface area contributed by atoms with Crippen molar-refractivity contribution >= 4 is 87.2 Å². The Balaban J connectivity index is 0.753. The maximum absolute atomic E-state index is 5.53. The van der Waals surface area contributed by atoms with Crippen molar-refractivity contribution in [3.63, 3.8) is 0 Å². The van der Waals surface area contributed by atoms with Gasteiger partial charge in [0, 0.05) is 66.3 Å². The molecule has 0 atom stereocenters. The normalized spacial score (nSPS) is 11.8. The van der Waals surface area contributed by atoms with Crippen molar-refractivity contribution in [3.8, 4) is 102 Å². The van der Waals surface area contributed by atoms with Crippen LogP contribution in [0, 0.1) is 0 Å². The Bertz CT molecular complexity index is 5760. The molecule has 0 spiro atoms. The van der Waals surface area contributed by atoms with Gasteiger partial charge in [-0.15, -0.1) is 0 Å². The predicted molar refractivity (Wildman–Crippen MR) is 413 cm³/mol. The lowest BCUT2D eigenvalue weighted by Gasteiger charge is -2.16. The Morgan fingerprint density at radius 2 is 0.350 bits per heavy atom. The Kier molecular flexibility index (Phi) is 13.1. The second-order valence-corrected chi connectivity index (χ2v) is 25.8. The maximum atomic E-state index is 5.53. The van der Waals surface area contributed by atoms with Gasteiger partial charge in [0.15, 0.2) is 0 Å². The Morgan fingerprint density at radius 1 is 0.150 bits per heavy atom. The summed E-state index contributed by atoms with van der Waals surface area (Å²) in [6.45, 7) is 0. The molecule has 0 aliphatic carbocycles. The van der Waals surface area contributed by atoms with Crippen LogP contribution in [-0.4, -0.2) is 38.2 Å². The minimum Gasteiger partial charge on any atom is -0.294 e. The fourth-order valence-corrected chi connectivity index (χ4v) is 15.4. The van der Waals surface area contributed by atoms with E-state index in [0.717, 1.165) is 155 Å². The van der Waals surface area contributed by atoms with Gasteiger partial charge in [-0.3, -0.25) is 18.3 Å². The molecule has 0 aliphatic heterocycles. The van der Waals surface area contributed by atoms with Crippen LogP contribution in [0.2, 0.25) is 0 Å². The minimum atomic E-state index is 0.596. The molecule has 0 N–H and O–H groups in total. The number of hydrogen-bond acceptors (Lipinski definition) is 4. The number of benzene rings is 14. The van der Waals surface area contributed by atoms with Gasteiger partial charge in [0.25, 0.3) is 0 Å². The monoisotopic (exact) mass is 1270 g/mol. The fraction of sp³-hybridized carbons (Fsp3) is 0. The molecular formula is C92H58N8. The molecule has 0 radical (unpaired) electrons. The number of fused-ring (bicyclic) bond motifs is 12. The third kappa shape index (κ3) is 9.37. The van der Waals surface area contributed by atoms with E-state index in [4.69, 9.17) is 19.9 Å². The van der Waals surface area contributed by atoms with Crippen molar-refractivity contribution in [1.29, 1.82) is 0 Å². The van der Waals surface area contributed by atoms with Gasteiger partial charge in [-0.1, -0.05) is 255 Å². The minimum absolute atomic E-state index is 0.596. The Hall–Kier alpha value is -13.6. The Labute approximate surface area is 575 Å². The van der Waals surface area contributed by atoms with Crippen molar-refractivity contribution in [2.24, 2.45) is 0 Å². The van der Waals surface area contributed by atoms with Crippen molar-refractivity contribution in [2.45, 2.75) is 0 Å². The number of para-hydroxylation sites is 8. The van der Waals surface area contributed by atoms with Crippen LogP contribution in [-0.2, 0) is 0 Å². The molecule has 8 nitrogen and oxygen atoms in total. The number of nitrogens with zero attached hydrogens (tertiary/aromatic N) is 8. The topological polar surface area (TPSA) is 71.3 Å². The van der Waals surface area contributed by atoms with E-state index in [1.165, 1.54) is 21.5 Å². The first-order valence-electron chi connectivity index (χ1n) is 33.9. The van der Waals surface area contributed by atoms with Crippen molar-refractivity contribution in [3.05, 3.63) is 352 Å². The van der Waals surface area contributed by atoms with Gasteiger partial charge in [0.05, 0.1) is 55.5 Å². The van der Waals surface area contributed by atoms with Gasteiger partial charge in [0.2, 0.25) is 11.9 Å². The lowest BCUT2D eigenvalue weighted by Crippen LogP contribution is -2.07. The van der Waals surface area contributed by atoms with Crippen LogP contribution in [0.1, 0.15) is 0 Å². The van der Waals surface area contributed by atoms with Crippen LogP contribution < -0.4 is 0 Å². The van der Waals surface area contributed by atoms with Crippen molar-refractivity contribution < 1.29 is 0 Å². The van der Waals surface area contributed by atoms with Gasteiger partial charge in [-0.25, -0.2) is 9.97 Å². The SMILES string of the molecule is c1ccc(-c2cc(-c3ccccc3)cc(-c3cc(-c4ccc(-c5cc(-n6c7ccccc7c7ccccc76)nc(-n6c7ccccc7c7ccccc76)n5)cc4)cc(-c4ccc(-c5cc(-n6c7ccccc7c7ccccc76)nc(-n6c7ccccc7c7ccccc76)n5)cc4)c3)c2)cc1. The van der Waals surface area contributed by atoms with E-state index >= 15 is 0 Å². The largest absolute Gasteiger partial charge is 0.294 e. The summed E-state index contributed by atoms with van der Waals surface area (Å²) < 4.78 is 9.02. The van der Waals surface area contributed by atoms with E-state index in [-0.39, 0.29) is 0 Å². The summed E-state index contributed by atoms with van der Waals surface area (Å²) in [6.07, 6.45) is 0. The van der Waals surface area contributed by atoms with Crippen LogP contribution >= 0.6 is 0 Å². The summed E-state index contributed by atoms with van der Waals surface area (Å²) in [6, 6.07) is 126. The zero-order chi connectivity index (χ0) is 65.8. The maximum Gasteiger partial charge on any atom is 0.237 e. The molecule has 8 heteroatoms. The zero-order valence-corrected chi connectivity index (χ0v) is 54.1. The van der Waals surface area contributed by atoms with E-state index in [9.17, 15) is 0 Å². The van der Waals surface area contributed by atoms with Crippen molar-refractivity contribution in [1.82, 2.24) is 38.2 Å². The average molecular weight is 1280 g/mol. The molecule has 0 aliphatic rings. The average Bonchev–Trinajstić information content (AvgIpc) is 1.58. The molecule has 20 aromatic rings. The first-order valence-corrected chi connectivity index (χ1v) is 33.9. The summed E-state index contributed by atoms with van der Waals surface area (Å²) in [5.74, 6) is 2.76. The van der Waals surface area contributed by atoms with Gasteiger partial charge >= 0.3 is 0 Å². The van der Waals surface area contributed by atoms with Gasteiger partial charge in [-0.2, -0.15) is 9.97 Å². The molecular weight excluding hydrogens is 1220 g/mol. The third-order valence-corrected chi connectivity index (χ3v) is 20.0. The second-order valence-electron chi connectivity index (χ2n) is 25.8. The van der Waals surface area contributed by atoms with E-state index in [1.54, 1.807) is 0 Å². The van der Waals surface area contributed by atoms with Crippen LogP contribution in [0.4, 0.5) is 0 Å². The number of aromatic nitrogens is 8. The highest BCUT2D eigenvalue weighted by atomic mass is 15.2. The van der Waals surface area contributed by atoms with E-state index in [0.29, 0.717) is 11.9 Å². The highest BCUT2D eigenvalue weighted by Crippen LogP contribution is 2.42. The van der Waals surface area contributed by atoms with Crippen LogP contribution in [0.5, 0.6) is 0 Å². The van der Waals surface area contributed by atoms with E-state index < -0.39 is 0 Å². The van der Waals surface area contributed by atoms with Crippen LogP contribution in [0.15, 0.2) is 352 Å². The Morgan fingerprint density at radius 3 is 0.610 bits per heavy atom. The molecule has 0 unspecified atom stereocenters. The molecule has 100 heavy (non-hydrogen) atoms. The van der Waals surface area contributed by atoms with E-state index in [2.05, 4.69) is 370 Å². The lowest BCUT2D eigenvalue weighted by molar-refractivity contribution is 0.951. The summed E-state index contributed by atoms with van der Waals surface area (Å²) in [7, 11) is 0. The van der Waals surface area contributed by atoms with Gasteiger partial charge in [0.1, 0.15) is 11.6 Å². The number of rotatable bonds is 11. The molecule has 0 fully saturated rings. The highest BCUT2D eigenvalue weighted by Gasteiger charge is 2.23. The summed E-state index contributed by atoms with van der Waals surface area (Å²) >= 11 is 0. The third-order valence-electron chi connectivity index (χ3n) is 20.0. The van der Waals surface area contributed by atoms with Gasteiger partial charge in [-0.05, 0) is 141 Å². The summed E-state index contributed by atoms with van der Waals surface area (Å²) in [5.41, 5.74) is 23.2. The fourth-order valence-electron chi connectivity index (χ4n) is 15.4. The quantitative estimate of drug-likeness (QED) is 0.129. The second kappa shape index (κ2) is 23.1. The molecule has 0 saturated heterocycles. The number of hydrogen-bond donors (Lipinski definition) is 0. The molecule has 0 amide bonds. The van der Waals surface area contributed by atoms with E-state index in [1.807, 2.05) is 0 Å². The molecule has 6 heterocycles. The smallest absolute Gasteiger partial charge is 0.237 e. The molecule has 20 rings (SSSR count). The molecule has 0 bridgehead atoms. The first kappa shape index (κ1) is 56.8. The predicted octanol–water partition coefficient (Wildman–Crippen LogP) is 23.3.